The van der Waals surface area contributed by atoms with Gasteiger partial charge in [-0.05, 0) is 0 Å². The van der Waals surface area contributed by atoms with Gasteiger partial charge in [0.05, 0.1) is 0 Å². The SMILES string of the molecule is Cl[C]12[CH]3[CH]4[C]5(P(c6ccccc6)c6ccccc6)[C]1(c1cccc6ccccc16)[Fe]34251678[CH]2[CH]1[CH]6[C]7(P(c1ccccc1)c1ccccc1)[CH]28.[Ni]. The maximum Gasteiger partial charge on any atom is 0 e. The van der Waals surface area contributed by atoms with E-state index in [1.807, 2.05) is 0 Å². The van der Waals surface area contributed by atoms with E-state index in [9.17, 15) is 0 Å². The fraction of sp³-hybridized carbons (Fsp3) is 0.227. The second-order valence-corrected chi connectivity index (χ2v) is 47.4. The molecule has 10 saturated heterocycles. The third kappa shape index (κ3) is 0.763. The van der Waals surface area contributed by atoms with Crippen LogP contribution in [0, 0.1) is 0 Å². The van der Waals surface area contributed by atoms with Crippen molar-refractivity contribution in [1.29, 1.82) is 0 Å². The number of benzene rings is 6. The molecule has 0 N–H and O–H groups in total. The van der Waals surface area contributed by atoms with Crippen LogP contribution in [0.15, 0.2) is 164 Å². The van der Waals surface area contributed by atoms with E-state index >= 15 is 0 Å². The zero-order chi connectivity index (χ0) is 31.1. The molecule has 5 heteroatoms. The summed E-state index contributed by atoms with van der Waals surface area (Å²) >= 11 is 9.01. The molecule has 10 aliphatic rings. The van der Waals surface area contributed by atoms with Crippen LogP contribution in [0.1, 0.15) is 5.56 Å². The fourth-order valence-electron chi connectivity index (χ4n) is 23.6. The van der Waals surface area contributed by atoms with Gasteiger partial charge in [0.25, 0.3) is 0 Å². The third-order valence-corrected chi connectivity index (χ3v) is 81.9. The topological polar surface area (TPSA) is 0 Å². The van der Waals surface area contributed by atoms with Crippen LogP contribution in [0.3, 0.4) is 0 Å². The van der Waals surface area contributed by atoms with Crippen molar-refractivity contribution in [3.63, 3.8) is 0 Å². The normalized spacial score (nSPS) is 53.4. The number of alkyl halides is 1. The van der Waals surface area contributed by atoms with Gasteiger partial charge < -0.3 is 0 Å². The molecule has 1 spiro atoms. The molecule has 9 atom stereocenters. The van der Waals surface area contributed by atoms with Gasteiger partial charge in [0, 0.05) is 16.5 Å². The first-order valence-corrected chi connectivity index (χ1v) is 26.8. The summed E-state index contributed by atoms with van der Waals surface area (Å²) in [6.07, 6.45) is 0. The van der Waals surface area contributed by atoms with Crippen LogP contribution in [0.25, 0.3) is 10.8 Å². The largest absolute Gasteiger partial charge is 0 e. The molecule has 10 heterocycles. The predicted molar refractivity (Wildman–Crippen MR) is 200 cm³/mol. The van der Waals surface area contributed by atoms with E-state index in [4.69, 9.17) is 11.6 Å². The standard InChI is InChI=1S/C27H19ClP.C17H14P.Fe.Ni/c28-25-18-19-26(27(25)24-17-9-11-20-10-7-8-16-23(20)24)29(21-12-3-1-4-13-21)22-14-5-2-6-15-22;1-3-9-15(10-4-1)18(17-13-7-8-14-17)16-11-5-2-6-12-16;;/h1-19H;1-14H;;. The van der Waals surface area contributed by atoms with Crippen LogP contribution in [0.2, 0.25) is 28.9 Å². The summed E-state index contributed by atoms with van der Waals surface area (Å²) in [7, 11) is -1.13. The van der Waals surface area contributed by atoms with E-state index < -0.39 is 22.4 Å². The van der Waals surface area contributed by atoms with E-state index in [0.717, 1.165) is 28.9 Å². The first kappa shape index (κ1) is 26.5. The Morgan fingerprint density at radius 1 is 0.469 bits per heavy atom. The van der Waals surface area contributed by atoms with Crippen molar-refractivity contribution >= 4 is 59.4 Å². The molecule has 9 unspecified atom stereocenters. The number of halogens is 1. The molecule has 0 aliphatic carbocycles. The van der Waals surface area contributed by atoms with E-state index in [1.54, 1.807) is 26.8 Å². The van der Waals surface area contributed by atoms with Gasteiger partial charge in [0.15, 0.2) is 0 Å². The molecule has 49 heavy (non-hydrogen) atoms. The molecule has 0 saturated carbocycles. The molecule has 0 amide bonds. The van der Waals surface area contributed by atoms with Gasteiger partial charge in [-0.2, -0.15) is 0 Å². The molecule has 0 nitrogen and oxygen atoms in total. The quantitative estimate of drug-likeness (QED) is 0.0862. The molecule has 10 fully saturated rings. The van der Waals surface area contributed by atoms with E-state index in [2.05, 4.69) is 164 Å². The van der Waals surface area contributed by atoms with Crippen molar-refractivity contribution in [3.05, 3.63) is 169 Å². The Kier molecular flexibility index (Phi) is 2.57. The summed E-state index contributed by atoms with van der Waals surface area (Å²) in [5.74, 6) is 0. The van der Waals surface area contributed by atoms with Gasteiger partial charge in [0.2, 0.25) is 0 Å². The Morgan fingerprint density at radius 3 is 1.41 bits per heavy atom. The molecule has 0 radical (unpaired) electrons. The molecule has 0 bridgehead atoms. The summed E-state index contributed by atoms with van der Waals surface area (Å²) in [6.45, 7) is -4.91. The van der Waals surface area contributed by atoms with Crippen molar-refractivity contribution in [1.82, 2.24) is 0 Å². The second-order valence-electron chi connectivity index (χ2n) is 18.3. The summed E-state index contributed by atoms with van der Waals surface area (Å²) in [6, 6.07) is 64.5. The smallest absolute Gasteiger partial charge is 0 e. The van der Waals surface area contributed by atoms with Crippen LogP contribution in [0.5, 0.6) is 0 Å². The van der Waals surface area contributed by atoms with E-state index in [1.165, 1.54) is 10.8 Å². The predicted octanol–water partition coefficient (Wildman–Crippen LogP) is 9.86. The number of hydrogen-bond acceptors (Lipinski definition) is 0. The van der Waals surface area contributed by atoms with Gasteiger partial charge in [0.1, 0.15) is 0 Å². The van der Waals surface area contributed by atoms with Gasteiger partial charge in [-0.25, -0.2) is 0 Å². The molecule has 16 rings (SSSR count). The van der Waals surface area contributed by atoms with E-state index in [0.29, 0.717) is 8.11 Å². The van der Waals surface area contributed by atoms with Gasteiger partial charge in [-0.3, -0.25) is 0 Å². The van der Waals surface area contributed by atoms with Crippen molar-refractivity contribution in [2.45, 2.75) is 45.1 Å². The van der Waals surface area contributed by atoms with Crippen molar-refractivity contribution in [3.8, 4) is 0 Å². The zero-order valence-electron chi connectivity index (χ0n) is 26.5. The summed E-state index contributed by atoms with van der Waals surface area (Å²) in [5, 5.41) is 9.41. The molecule has 10 aliphatic heterocycles. The van der Waals surface area contributed by atoms with Crippen LogP contribution in [0.4, 0.5) is 0 Å². The molecule has 6 aromatic carbocycles. The maximum absolute atomic E-state index is 9.01. The first-order valence-electron chi connectivity index (χ1n) is 17.7. The van der Waals surface area contributed by atoms with Crippen LogP contribution < -0.4 is 21.2 Å². The molecular weight excluding hydrogens is 740 g/mol. The van der Waals surface area contributed by atoms with Crippen molar-refractivity contribution in [2.75, 3.05) is 0 Å². The average molecular weight is 774 g/mol. The Balaban J connectivity index is 0.00000248. The Morgan fingerprint density at radius 2 is 0.918 bits per heavy atom. The number of fused-ring (bicyclic) bond motifs is 11. The molecule has 244 valence electrons. The number of rotatable bonds is 7. The Hall–Kier alpha value is -2.26. The third-order valence-electron chi connectivity index (χ3n) is 21.7. The second kappa shape index (κ2) is 4.76. The molecular formula is C44H33ClFeNiP2. The fourth-order valence-corrected chi connectivity index (χ4v) is 136. The zero-order valence-corrected chi connectivity index (χ0v) is 31.1. The van der Waals surface area contributed by atoms with Crippen LogP contribution >= 0.6 is 27.4 Å². The molecule has 6 aromatic rings. The van der Waals surface area contributed by atoms with Crippen molar-refractivity contribution < 1.29 is 23.0 Å². The summed E-state index contributed by atoms with van der Waals surface area (Å²) in [4.78, 5) is 5.59. The van der Waals surface area contributed by atoms with E-state index in [-0.39, 0.29) is 24.6 Å². The Labute approximate surface area is 294 Å². The van der Waals surface area contributed by atoms with Crippen molar-refractivity contribution in [2.24, 2.45) is 0 Å². The van der Waals surface area contributed by atoms with Gasteiger partial charge in [-0.1, -0.05) is 0 Å². The Bertz CT molecular complexity index is 2910. The average Bonchev–Trinajstić information content (AvgIpc) is 4.12. The van der Waals surface area contributed by atoms with Gasteiger partial charge >= 0.3 is 280 Å². The van der Waals surface area contributed by atoms with Crippen LogP contribution in [-0.2, 0) is 27.3 Å². The minimum atomic E-state index is -4.91. The first-order chi connectivity index (χ1) is 23.5. The molecule has 0 aromatic heterocycles. The maximum atomic E-state index is 9.01. The minimum absolute atomic E-state index is 0. The summed E-state index contributed by atoms with van der Waals surface area (Å²) < 4.78 is 1.08. The monoisotopic (exact) mass is 772 g/mol. The van der Waals surface area contributed by atoms with Crippen LogP contribution in [-0.4, -0.2) is 11.9 Å². The summed E-state index contributed by atoms with van der Waals surface area (Å²) in [5.41, 5.74) is 1.71. The van der Waals surface area contributed by atoms with Gasteiger partial charge in [-0.15, -0.1) is 0 Å². The minimum Gasteiger partial charge on any atom is 0 e. The number of hydrogen-bond donors (Lipinski definition) is 0.